The highest BCUT2D eigenvalue weighted by Gasteiger charge is 2.50. The van der Waals surface area contributed by atoms with E-state index in [0.29, 0.717) is 22.1 Å². The molecule has 2 aromatic heterocycles. The van der Waals surface area contributed by atoms with Crippen molar-refractivity contribution in [1.82, 2.24) is 4.57 Å². The molecule has 2 aliphatic carbocycles. The Morgan fingerprint density at radius 1 is 0.435 bits per heavy atom. The first-order valence-corrected chi connectivity index (χ1v) is 20.9. The van der Waals surface area contributed by atoms with Gasteiger partial charge < -0.3 is 13.9 Å². The SMILES string of the molecule is [2H]c1c([2H])c2c3c(c([2H])c([2H])c([2H])c3c1[2H])C1(c3ccccc3-c3ccc(N(c4ccc5c6ccccc6n(-c6ccccc6)c5c4)c4cccc5oc6ccccc6c45)cc31)c1ccccc1-2. The number of hydrogen-bond donors (Lipinski definition) is 0. The Kier molecular flexibility index (Phi) is 5.69. The normalized spacial score (nSPS) is 16.2. The van der Waals surface area contributed by atoms with E-state index in [-0.39, 0.29) is 41.6 Å². The molecule has 14 rings (SSSR count). The van der Waals surface area contributed by atoms with Gasteiger partial charge in [-0.15, -0.1) is 0 Å². The lowest BCUT2D eigenvalue weighted by atomic mass is 9.61. The molecular formula is C59H36N2O. The molecule has 2 aliphatic rings. The maximum Gasteiger partial charge on any atom is 0.137 e. The molecule has 2 heterocycles. The Morgan fingerprint density at radius 2 is 1.08 bits per heavy atom. The van der Waals surface area contributed by atoms with Gasteiger partial charge in [0.05, 0.1) is 35.7 Å². The lowest BCUT2D eigenvalue weighted by molar-refractivity contribution is 0.669. The van der Waals surface area contributed by atoms with Crippen LogP contribution in [0.3, 0.4) is 0 Å². The Balaban J connectivity index is 1.13. The van der Waals surface area contributed by atoms with Crippen LogP contribution in [0, 0.1) is 0 Å². The zero-order valence-electron chi connectivity index (χ0n) is 39.1. The summed E-state index contributed by atoms with van der Waals surface area (Å²) in [4.78, 5) is 2.30. The summed E-state index contributed by atoms with van der Waals surface area (Å²) >= 11 is 0. The second-order valence-corrected chi connectivity index (χ2v) is 16.3. The van der Waals surface area contributed by atoms with Crippen LogP contribution < -0.4 is 4.90 Å². The van der Waals surface area contributed by atoms with E-state index in [1.54, 1.807) is 0 Å². The number of para-hydroxylation sites is 3. The van der Waals surface area contributed by atoms with Crippen LogP contribution in [0.1, 0.15) is 30.5 Å². The van der Waals surface area contributed by atoms with Crippen LogP contribution in [0.2, 0.25) is 0 Å². The Morgan fingerprint density at radius 3 is 1.94 bits per heavy atom. The second-order valence-electron chi connectivity index (χ2n) is 16.3. The van der Waals surface area contributed by atoms with E-state index in [0.717, 1.165) is 94.3 Å². The molecule has 288 valence electrons. The van der Waals surface area contributed by atoms with Gasteiger partial charge in [-0.25, -0.2) is 0 Å². The van der Waals surface area contributed by atoms with Gasteiger partial charge in [-0.05, 0) is 116 Å². The summed E-state index contributed by atoms with van der Waals surface area (Å²) in [6, 6.07) is 61.1. The molecule has 0 fully saturated rings. The molecule has 62 heavy (non-hydrogen) atoms. The van der Waals surface area contributed by atoms with E-state index in [1.807, 2.05) is 72.8 Å². The number of nitrogens with zero attached hydrogens (tertiary/aromatic N) is 2. The third-order valence-corrected chi connectivity index (χ3v) is 13.3. The first-order chi connectivity index (χ1) is 33.3. The van der Waals surface area contributed by atoms with Gasteiger partial charge in [0.25, 0.3) is 0 Å². The van der Waals surface area contributed by atoms with Crippen molar-refractivity contribution in [3.05, 3.63) is 240 Å². The summed E-state index contributed by atoms with van der Waals surface area (Å²) in [5.41, 5.74) is 12.3. The van der Waals surface area contributed by atoms with Crippen molar-refractivity contribution in [3.8, 4) is 27.9 Å². The summed E-state index contributed by atoms with van der Waals surface area (Å²) < 4.78 is 64.9. The summed E-state index contributed by atoms with van der Waals surface area (Å²) in [7, 11) is 0. The topological polar surface area (TPSA) is 21.3 Å². The van der Waals surface area contributed by atoms with Crippen molar-refractivity contribution in [2.45, 2.75) is 5.41 Å². The van der Waals surface area contributed by atoms with Crippen molar-refractivity contribution in [1.29, 1.82) is 0 Å². The lowest BCUT2D eigenvalue weighted by Gasteiger charge is -2.40. The fraction of sp³-hybridized carbons (Fsp3) is 0.0169. The smallest absolute Gasteiger partial charge is 0.137 e. The molecule has 0 saturated carbocycles. The van der Waals surface area contributed by atoms with Gasteiger partial charge in [-0.3, -0.25) is 0 Å². The molecule has 3 nitrogen and oxygen atoms in total. The van der Waals surface area contributed by atoms with Gasteiger partial charge in [0.2, 0.25) is 0 Å². The highest BCUT2D eigenvalue weighted by atomic mass is 16.3. The van der Waals surface area contributed by atoms with E-state index in [9.17, 15) is 6.85 Å². The molecule has 1 spiro atoms. The number of furan rings is 1. The molecule has 0 radical (unpaired) electrons. The van der Waals surface area contributed by atoms with Gasteiger partial charge in [0, 0.05) is 33.2 Å². The van der Waals surface area contributed by atoms with Gasteiger partial charge in [0.1, 0.15) is 11.2 Å². The zero-order chi connectivity index (χ0) is 45.7. The molecule has 12 aromatic rings. The third-order valence-electron chi connectivity index (χ3n) is 13.3. The highest BCUT2D eigenvalue weighted by Crippen LogP contribution is 2.62. The molecule has 0 aliphatic heterocycles. The minimum Gasteiger partial charge on any atom is -0.456 e. The van der Waals surface area contributed by atoms with Crippen LogP contribution in [-0.2, 0) is 5.41 Å². The third kappa shape index (κ3) is 4.34. The van der Waals surface area contributed by atoms with Crippen molar-refractivity contribution in [2.24, 2.45) is 0 Å². The van der Waals surface area contributed by atoms with Crippen molar-refractivity contribution < 1.29 is 12.6 Å². The standard InChI is InChI=1S/C59H36N2O/c1-2-17-38(18-3-1)61-52-27-10-6-21-44(52)45-34-32-40(36-54(45)61)60(53-28-14-30-56-58(53)47-22-7-11-29-55(47)62-56)39-31-33-43-41-19-4-8-24-48(41)59(51(43)35-39)49-25-9-5-20-42(49)46-23-12-15-37-16-13-26-50(59)57(37)46/h1-36H/i12D,13D,15D,16D,23D,26D. The Labute approximate surface area is 366 Å². The summed E-state index contributed by atoms with van der Waals surface area (Å²) in [5.74, 6) is 0. The van der Waals surface area contributed by atoms with E-state index in [2.05, 4.69) is 119 Å². The minimum atomic E-state index is -1.21. The predicted molar refractivity (Wildman–Crippen MR) is 257 cm³/mol. The van der Waals surface area contributed by atoms with Crippen LogP contribution >= 0.6 is 0 Å². The van der Waals surface area contributed by atoms with Crippen molar-refractivity contribution >= 4 is 71.6 Å². The Hall–Kier alpha value is -8.14. The first-order valence-electron chi connectivity index (χ1n) is 23.9. The Bertz CT molecular complexity index is 4190. The van der Waals surface area contributed by atoms with E-state index in [4.69, 9.17) is 5.79 Å². The molecule has 0 bridgehead atoms. The quantitative estimate of drug-likeness (QED) is 0.177. The molecule has 0 amide bonds. The molecule has 1 atom stereocenters. The summed E-state index contributed by atoms with van der Waals surface area (Å²) in [6.45, 7) is 0. The molecule has 1 unspecified atom stereocenters. The average Bonchev–Trinajstić information content (AvgIpc) is 4.02. The number of anilines is 3. The number of rotatable bonds is 4. The number of fused-ring (bicyclic) bond motifs is 15. The summed E-state index contributed by atoms with van der Waals surface area (Å²) in [5, 5.41) is 4.75. The van der Waals surface area contributed by atoms with Gasteiger partial charge in [-0.1, -0.05) is 158 Å². The van der Waals surface area contributed by atoms with Crippen molar-refractivity contribution in [3.63, 3.8) is 0 Å². The molecule has 0 saturated heterocycles. The summed E-state index contributed by atoms with van der Waals surface area (Å²) in [6.07, 6.45) is 0. The van der Waals surface area contributed by atoms with Gasteiger partial charge in [-0.2, -0.15) is 0 Å². The van der Waals surface area contributed by atoms with E-state index in [1.165, 1.54) is 0 Å². The maximum absolute atomic E-state index is 9.93. The average molecular weight is 795 g/mol. The molecule has 10 aromatic carbocycles. The minimum absolute atomic E-state index is 0.121. The molecule has 3 heteroatoms. The lowest BCUT2D eigenvalue weighted by Crippen LogP contribution is -2.32. The van der Waals surface area contributed by atoms with E-state index >= 15 is 0 Å². The monoisotopic (exact) mass is 794 g/mol. The second kappa shape index (κ2) is 12.4. The van der Waals surface area contributed by atoms with Crippen LogP contribution in [0.5, 0.6) is 0 Å². The molecular weight excluding hydrogens is 753 g/mol. The zero-order valence-corrected chi connectivity index (χ0v) is 33.1. The fourth-order valence-corrected chi connectivity index (χ4v) is 10.9. The van der Waals surface area contributed by atoms with Crippen LogP contribution in [0.15, 0.2) is 223 Å². The first kappa shape index (κ1) is 28.3. The number of benzene rings is 10. The predicted octanol–water partition coefficient (Wildman–Crippen LogP) is 15.6. The fourth-order valence-electron chi connectivity index (χ4n) is 10.9. The van der Waals surface area contributed by atoms with Gasteiger partial charge in [0.15, 0.2) is 0 Å². The number of hydrogen-bond acceptors (Lipinski definition) is 2. The molecule has 0 N–H and O–H groups in total. The highest BCUT2D eigenvalue weighted by molar-refractivity contribution is 6.15. The largest absolute Gasteiger partial charge is 0.456 e. The maximum atomic E-state index is 9.93. The van der Waals surface area contributed by atoms with E-state index < -0.39 is 5.41 Å². The van der Waals surface area contributed by atoms with Gasteiger partial charge >= 0.3 is 0 Å². The van der Waals surface area contributed by atoms with Crippen LogP contribution in [-0.4, -0.2) is 4.57 Å². The van der Waals surface area contributed by atoms with Crippen molar-refractivity contribution in [2.75, 3.05) is 4.90 Å². The van der Waals surface area contributed by atoms with Crippen LogP contribution in [0.4, 0.5) is 17.1 Å². The van der Waals surface area contributed by atoms with Crippen LogP contribution in [0.25, 0.3) is 82.5 Å². The number of aromatic nitrogens is 1.